The first-order valence-corrected chi connectivity index (χ1v) is 11.8. The van der Waals surface area contributed by atoms with Gasteiger partial charge in [-0.1, -0.05) is 30.3 Å². The average molecular weight is 468 g/mol. The third kappa shape index (κ3) is 4.26. The predicted molar refractivity (Wildman–Crippen MR) is 114 cm³/mol. The van der Waals surface area contributed by atoms with Crippen LogP contribution in [0.15, 0.2) is 53.4 Å². The van der Waals surface area contributed by atoms with Gasteiger partial charge >= 0.3 is 6.18 Å². The van der Waals surface area contributed by atoms with Crippen molar-refractivity contribution in [2.45, 2.75) is 30.5 Å². The topological polar surface area (TPSA) is 60.9 Å². The van der Waals surface area contributed by atoms with Crippen molar-refractivity contribution in [3.63, 3.8) is 0 Å². The van der Waals surface area contributed by atoms with Gasteiger partial charge in [-0.05, 0) is 37.1 Å². The van der Waals surface area contributed by atoms with E-state index in [-0.39, 0.29) is 44.7 Å². The number of nitrogens with zero attached hydrogens (tertiary/aromatic N) is 3. The van der Waals surface area contributed by atoms with Gasteiger partial charge in [0.1, 0.15) is 0 Å². The molecule has 32 heavy (non-hydrogen) atoms. The van der Waals surface area contributed by atoms with Gasteiger partial charge < -0.3 is 4.90 Å². The molecule has 6 nitrogen and oxygen atoms in total. The summed E-state index contributed by atoms with van der Waals surface area (Å²) in [5, 5.41) is 0. The quantitative estimate of drug-likeness (QED) is 0.694. The number of para-hydroxylation sites is 1. The highest BCUT2D eigenvalue weighted by atomic mass is 32.2. The molecule has 2 aliphatic heterocycles. The van der Waals surface area contributed by atoms with E-state index in [9.17, 15) is 26.4 Å². The van der Waals surface area contributed by atoms with Gasteiger partial charge in [0.05, 0.1) is 17.0 Å². The lowest BCUT2D eigenvalue weighted by molar-refractivity contribution is -0.140. The average Bonchev–Trinajstić information content (AvgIpc) is 3.09. The van der Waals surface area contributed by atoms with Crippen molar-refractivity contribution >= 4 is 21.6 Å². The Morgan fingerprint density at radius 2 is 1.62 bits per heavy atom. The lowest BCUT2D eigenvalue weighted by Gasteiger charge is -2.35. The zero-order valence-corrected chi connectivity index (χ0v) is 18.4. The number of sulfonamides is 1. The SMILES string of the molecule is C[C@@H]1Cc2ccccc2N1C(=O)CN1CCN(S(=O)(=O)c2ccccc2C(F)(F)F)CC1. The van der Waals surface area contributed by atoms with Crippen molar-refractivity contribution in [2.75, 3.05) is 37.6 Å². The normalized spacial score (nSPS) is 20.4. The van der Waals surface area contributed by atoms with E-state index < -0.39 is 26.7 Å². The van der Waals surface area contributed by atoms with E-state index in [1.165, 1.54) is 12.1 Å². The Morgan fingerprint density at radius 3 is 2.31 bits per heavy atom. The number of amides is 1. The number of rotatable bonds is 4. The minimum atomic E-state index is -4.76. The van der Waals surface area contributed by atoms with Crippen molar-refractivity contribution in [3.8, 4) is 0 Å². The number of halogens is 3. The first-order valence-electron chi connectivity index (χ1n) is 10.4. The molecule has 0 spiro atoms. The van der Waals surface area contributed by atoms with Crippen LogP contribution in [0.1, 0.15) is 18.1 Å². The fourth-order valence-electron chi connectivity index (χ4n) is 4.41. The number of fused-ring (bicyclic) bond motifs is 1. The summed E-state index contributed by atoms with van der Waals surface area (Å²) in [5.41, 5.74) is 0.849. The molecule has 2 aliphatic rings. The van der Waals surface area contributed by atoms with Crippen LogP contribution in [-0.2, 0) is 27.4 Å². The maximum absolute atomic E-state index is 13.3. The summed E-state index contributed by atoms with van der Waals surface area (Å²) in [4.78, 5) is 15.9. The smallest absolute Gasteiger partial charge is 0.308 e. The molecule has 10 heteroatoms. The van der Waals surface area contributed by atoms with E-state index in [1.54, 1.807) is 4.90 Å². The third-order valence-corrected chi connectivity index (χ3v) is 7.93. The zero-order chi connectivity index (χ0) is 23.1. The van der Waals surface area contributed by atoms with E-state index in [4.69, 9.17) is 0 Å². The molecule has 2 aromatic carbocycles. The van der Waals surface area contributed by atoms with Crippen LogP contribution >= 0.6 is 0 Å². The number of carbonyl (C=O) groups is 1. The molecule has 0 N–H and O–H groups in total. The lowest BCUT2D eigenvalue weighted by Crippen LogP contribution is -2.52. The van der Waals surface area contributed by atoms with Crippen molar-refractivity contribution in [3.05, 3.63) is 59.7 Å². The van der Waals surface area contributed by atoms with Crippen LogP contribution in [0.3, 0.4) is 0 Å². The molecular formula is C22H24F3N3O3S. The highest BCUT2D eigenvalue weighted by Crippen LogP contribution is 2.35. The summed E-state index contributed by atoms with van der Waals surface area (Å²) in [6.45, 7) is 2.69. The summed E-state index contributed by atoms with van der Waals surface area (Å²) in [7, 11) is -4.30. The molecule has 0 radical (unpaired) electrons. The second-order valence-electron chi connectivity index (χ2n) is 8.12. The molecule has 1 amide bonds. The molecular weight excluding hydrogens is 443 g/mol. The fraction of sp³-hybridized carbons (Fsp3) is 0.409. The maximum atomic E-state index is 13.3. The summed E-state index contributed by atoms with van der Waals surface area (Å²) in [6, 6.07) is 12.0. The monoisotopic (exact) mass is 467 g/mol. The van der Waals surface area contributed by atoms with Gasteiger partial charge in [0.15, 0.2) is 0 Å². The third-order valence-electron chi connectivity index (χ3n) is 5.98. The molecule has 0 unspecified atom stereocenters. The molecule has 2 aromatic rings. The number of anilines is 1. The number of hydrogen-bond acceptors (Lipinski definition) is 4. The molecule has 0 aliphatic carbocycles. The molecule has 0 bridgehead atoms. The Balaban J connectivity index is 1.42. The summed E-state index contributed by atoms with van der Waals surface area (Å²) in [5.74, 6) is -0.0684. The molecule has 1 fully saturated rings. The Kier molecular flexibility index (Phi) is 6.04. The van der Waals surface area contributed by atoms with E-state index >= 15 is 0 Å². The number of piperazine rings is 1. The molecule has 0 aromatic heterocycles. The molecule has 4 rings (SSSR count). The van der Waals surface area contributed by atoms with Gasteiger partial charge in [-0.3, -0.25) is 9.69 Å². The molecule has 1 saturated heterocycles. The standard InChI is InChI=1S/C22H24F3N3O3S/c1-16-14-17-6-2-4-8-19(17)28(16)21(29)15-26-10-12-27(13-11-26)32(30,31)20-9-5-3-7-18(20)22(23,24)25/h2-9,16H,10-15H2,1H3/t16-/m1/s1. The molecule has 1 atom stereocenters. The van der Waals surface area contributed by atoms with E-state index in [0.717, 1.165) is 34.1 Å². The minimum absolute atomic E-state index is 0.0218. The second kappa shape index (κ2) is 8.49. The minimum Gasteiger partial charge on any atom is -0.308 e. The van der Waals surface area contributed by atoms with Gasteiger partial charge in [0.25, 0.3) is 0 Å². The van der Waals surface area contributed by atoms with Crippen LogP contribution in [0.4, 0.5) is 18.9 Å². The summed E-state index contributed by atoms with van der Waals surface area (Å²) >= 11 is 0. The van der Waals surface area contributed by atoms with Crippen LogP contribution in [0.5, 0.6) is 0 Å². The van der Waals surface area contributed by atoms with Gasteiger partial charge in [0, 0.05) is 37.9 Å². The number of benzene rings is 2. The number of carbonyl (C=O) groups excluding carboxylic acids is 1. The maximum Gasteiger partial charge on any atom is 0.417 e. The first kappa shape index (κ1) is 22.8. The number of hydrogen-bond donors (Lipinski definition) is 0. The fourth-order valence-corrected chi connectivity index (χ4v) is 6.04. The van der Waals surface area contributed by atoms with Crippen molar-refractivity contribution < 1.29 is 26.4 Å². The Labute approximate surface area is 185 Å². The lowest BCUT2D eigenvalue weighted by atomic mass is 10.1. The first-order chi connectivity index (χ1) is 15.1. The van der Waals surface area contributed by atoms with Crippen molar-refractivity contribution in [1.82, 2.24) is 9.21 Å². The van der Waals surface area contributed by atoms with Crippen molar-refractivity contribution in [1.29, 1.82) is 0 Å². The predicted octanol–water partition coefficient (Wildman–Crippen LogP) is 2.99. The van der Waals surface area contributed by atoms with E-state index in [1.807, 2.05) is 36.1 Å². The Hall–Kier alpha value is -2.43. The van der Waals surface area contributed by atoms with Gasteiger partial charge in [-0.2, -0.15) is 17.5 Å². The molecule has 2 heterocycles. The van der Waals surface area contributed by atoms with Crippen LogP contribution in [0, 0.1) is 0 Å². The Bertz CT molecular complexity index is 1110. The van der Waals surface area contributed by atoms with Gasteiger partial charge in [-0.25, -0.2) is 8.42 Å². The zero-order valence-electron chi connectivity index (χ0n) is 17.5. The van der Waals surface area contributed by atoms with E-state index in [2.05, 4.69) is 0 Å². The van der Waals surface area contributed by atoms with Crippen LogP contribution in [-0.4, -0.2) is 62.3 Å². The summed E-state index contributed by atoms with van der Waals surface area (Å²) < 4.78 is 66.8. The summed E-state index contributed by atoms with van der Waals surface area (Å²) in [6.07, 6.45) is -3.98. The largest absolute Gasteiger partial charge is 0.417 e. The number of alkyl halides is 3. The van der Waals surface area contributed by atoms with Crippen LogP contribution in [0.2, 0.25) is 0 Å². The van der Waals surface area contributed by atoms with Gasteiger partial charge in [0.2, 0.25) is 15.9 Å². The van der Waals surface area contributed by atoms with E-state index in [0.29, 0.717) is 0 Å². The highest BCUT2D eigenvalue weighted by Gasteiger charge is 2.40. The Morgan fingerprint density at radius 1 is 1.00 bits per heavy atom. The molecule has 172 valence electrons. The van der Waals surface area contributed by atoms with Crippen LogP contribution < -0.4 is 4.90 Å². The van der Waals surface area contributed by atoms with Crippen LogP contribution in [0.25, 0.3) is 0 Å². The highest BCUT2D eigenvalue weighted by molar-refractivity contribution is 7.89. The van der Waals surface area contributed by atoms with Gasteiger partial charge in [-0.15, -0.1) is 0 Å². The second-order valence-corrected chi connectivity index (χ2v) is 10.0. The molecule has 0 saturated carbocycles. The van der Waals surface area contributed by atoms with Crippen molar-refractivity contribution in [2.24, 2.45) is 0 Å².